The van der Waals surface area contributed by atoms with Crippen molar-refractivity contribution in [2.24, 2.45) is 7.05 Å². The van der Waals surface area contributed by atoms with Gasteiger partial charge in [-0.1, -0.05) is 29.8 Å². The van der Waals surface area contributed by atoms with E-state index in [9.17, 15) is 9.59 Å². The number of hydrogen-bond acceptors (Lipinski definition) is 4. The van der Waals surface area contributed by atoms with Crippen molar-refractivity contribution in [3.05, 3.63) is 47.5 Å². The molecule has 7 heteroatoms. The zero-order valence-corrected chi connectivity index (χ0v) is 15.5. The summed E-state index contributed by atoms with van der Waals surface area (Å²) in [6.45, 7) is 4.72. The van der Waals surface area contributed by atoms with Gasteiger partial charge in [0.05, 0.1) is 6.04 Å². The van der Waals surface area contributed by atoms with E-state index in [2.05, 4.69) is 39.8 Å². The van der Waals surface area contributed by atoms with Crippen molar-refractivity contribution in [1.29, 1.82) is 0 Å². The molecule has 1 aromatic carbocycles. The van der Waals surface area contributed by atoms with Crippen LogP contribution in [0.2, 0.25) is 0 Å². The van der Waals surface area contributed by atoms with Crippen LogP contribution in [0.15, 0.2) is 30.6 Å². The van der Waals surface area contributed by atoms with E-state index < -0.39 is 0 Å². The summed E-state index contributed by atoms with van der Waals surface area (Å²) in [7, 11) is 1.87. The summed E-state index contributed by atoms with van der Waals surface area (Å²) < 4.78 is 1.83. The van der Waals surface area contributed by atoms with E-state index in [1.807, 2.05) is 23.4 Å². The molecular formula is C19H25N5O2. The maximum Gasteiger partial charge on any atom is 0.223 e. The second-order valence-electron chi connectivity index (χ2n) is 6.98. The molecule has 0 bridgehead atoms. The quantitative estimate of drug-likeness (QED) is 0.874. The molecule has 2 amide bonds. The first-order valence-corrected chi connectivity index (χ1v) is 8.88. The predicted molar refractivity (Wildman–Crippen MR) is 97.4 cm³/mol. The number of aryl methyl sites for hydroxylation is 3. The van der Waals surface area contributed by atoms with Crippen molar-refractivity contribution in [3.8, 4) is 0 Å². The molecule has 2 atom stereocenters. The maximum atomic E-state index is 12.7. The number of hydrogen-bond donors (Lipinski definition) is 1. The van der Waals surface area contributed by atoms with Gasteiger partial charge < -0.3 is 14.8 Å². The lowest BCUT2D eigenvalue weighted by Gasteiger charge is -2.19. The molecule has 1 fully saturated rings. The molecule has 0 radical (unpaired) electrons. The van der Waals surface area contributed by atoms with Crippen molar-refractivity contribution in [3.63, 3.8) is 0 Å². The molecule has 1 N–H and O–H groups in total. The molecule has 2 heterocycles. The van der Waals surface area contributed by atoms with Crippen molar-refractivity contribution in [2.75, 3.05) is 13.1 Å². The van der Waals surface area contributed by atoms with E-state index in [1.165, 1.54) is 12.5 Å². The van der Waals surface area contributed by atoms with Gasteiger partial charge in [0.15, 0.2) is 0 Å². The van der Waals surface area contributed by atoms with E-state index in [1.54, 1.807) is 6.33 Å². The highest BCUT2D eigenvalue weighted by atomic mass is 16.2. The second kappa shape index (κ2) is 7.68. The molecule has 7 nitrogen and oxygen atoms in total. The smallest absolute Gasteiger partial charge is 0.223 e. The van der Waals surface area contributed by atoms with Gasteiger partial charge in [0.2, 0.25) is 11.8 Å². The second-order valence-corrected chi connectivity index (χ2v) is 6.98. The Balaban J connectivity index is 1.68. The molecule has 1 aliphatic heterocycles. The molecule has 3 rings (SSSR count). The van der Waals surface area contributed by atoms with Crippen LogP contribution in [0.25, 0.3) is 0 Å². The van der Waals surface area contributed by atoms with Crippen LogP contribution in [-0.4, -0.2) is 50.6 Å². The minimum Gasteiger partial charge on any atom is -0.351 e. The highest BCUT2D eigenvalue weighted by Crippen LogP contribution is 2.28. The normalized spacial score (nSPS) is 19.6. The van der Waals surface area contributed by atoms with Crippen LogP contribution in [0.3, 0.4) is 0 Å². The van der Waals surface area contributed by atoms with Crippen LogP contribution >= 0.6 is 0 Å². The summed E-state index contributed by atoms with van der Waals surface area (Å²) in [4.78, 5) is 26.1. The first-order valence-electron chi connectivity index (χ1n) is 8.88. The third-order valence-corrected chi connectivity index (χ3v) is 4.93. The molecule has 0 unspecified atom stereocenters. The first kappa shape index (κ1) is 18.1. The third kappa shape index (κ3) is 4.09. The Hall–Kier alpha value is -2.70. The lowest BCUT2D eigenvalue weighted by molar-refractivity contribution is -0.130. The molecule has 0 saturated carbocycles. The molecule has 26 heavy (non-hydrogen) atoms. The van der Waals surface area contributed by atoms with Gasteiger partial charge in [0, 0.05) is 45.8 Å². The van der Waals surface area contributed by atoms with Gasteiger partial charge in [-0.2, -0.15) is 0 Å². The summed E-state index contributed by atoms with van der Waals surface area (Å²) >= 11 is 0. The minimum atomic E-state index is -0.0690. The summed E-state index contributed by atoms with van der Waals surface area (Å²) in [5.41, 5.74) is 2.34. The van der Waals surface area contributed by atoms with Crippen LogP contribution in [-0.2, 0) is 23.1 Å². The van der Waals surface area contributed by atoms with Gasteiger partial charge in [-0.15, -0.1) is 10.2 Å². The Labute approximate surface area is 153 Å². The Kier molecular flexibility index (Phi) is 5.35. The zero-order valence-electron chi connectivity index (χ0n) is 15.5. The fourth-order valence-corrected chi connectivity index (χ4v) is 3.48. The zero-order chi connectivity index (χ0) is 18.7. The number of aromatic nitrogens is 3. The largest absolute Gasteiger partial charge is 0.351 e. The van der Waals surface area contributed by atoms with E-state index in [4.69, 9.17) is 0 Å². The van der Waals surface area contributed by atoms with E-state index in [-0.39, 0.29) is 23.8 Å². The number of benzene rings is 1. The van der Waals surface area contributed by atoms with E-state index >= 15 is 0 Å². The number of nitrogens with one attached hydrogen (secondary N) is 1. The van der Waals surface area contributed by atoms with Crippen LogP contribution in [0.5, 0.6) is 0 Å². The summed E-state index contributed by atoms with van der Waals surface area (Å²) in [5, 5.41) is 10.9. The SMILES string of the molecule is CC(=O)N[C@@H]1CN(C(=O)CCc2nncn2C)C[C@H]1c1ccc(C)cc1. The minimum absolute atomic E-state index is 0.0611. The molecular weight excluding hydrogens is 330 g/mol. The number of nitrogens with zero attached hydrogens (tertiary/aromatic N) is 4. The number of carbonyl (C=O) groups excluding carboxylic acids is 2. The van der Waals surface area contributed by atoms with Crippen molar-refractivity contribution < 1.29 is 9.59 Å². The molecule has 0 spiro atoms. The Morgan fingerprint density at radius 2 is 1.96 bits per heavy atom. The summed E-state index contributed by atoms with van der Waals surface area (Å²) in [5.74, 6) is 0.919. The highest BCUT2D eigenvalue weighted by Gasteiger charge is 2.36. The van der Waals surface area contributed by atoms with Gasteiger partial charge in [-0.25, -0.2) is 0 Å². The van der Waals surface area contributed by atoms with Gasteiger partial charge in [-0.3, -0.25) is 9.59 Å². The Morgan fingerprint density at radius 1 is 1.23 bits per heavy atom. The van der Waals surface area contributed by atoms with Gasteiger partial charge in [0.25, 0.3) is 0 Å². The molecule has 0 aliphatic carbocycles. The summed E-state index contributed by atoms with van der Waals surface area (Å²) in [6, 6.07) is 8.25. The molecule has 1 aliphatic rings. The summed E-state index contributed by atoms with van der Waals surface area (Å²) in [6.07, 6.45) is 2.58. The van der Waals surface area contributed by atoms with Gasteiger partial charge >= 0.3 is 0 Å². The fourth-order valence-electron chi connectivity index (χ4n) is 3.48. The molecule has 1 aromatic heterocycles. The lowest BCUT2D eigenvalue weighted by atomic mass is 9.93. The van der Waals surface area contributed by atoms with E-state index in [0.29, 0.717) is 25.9 Å². The Morgan fingerprint density at radius 3 is 2.58 bits per heavy atom. The standard InChI is InChI=1S/C19H25N5O2/c1-13-4-6-15(7-5-13)16-10-24(11-17(16)21-14(2)25)19(26)9-8-18-22-20-12-23(18)3/h4-7,12,16-17H,8-11H2,1-3H3,(H,21,25)/t16-,17+/m0/s1. The van der Waals surface area contributed by atoms with Gasteiger partial charge in [-0.05, 0) is 12.5 Å². The topological polar surface area (TPSA) is 80.1 Å². The number of carbonyl (C=O) groups is 2. The maximum absolute atomic E-state index is 12.7. The first-order chi connectivity index (χ1) is 12.4. The van der Waals surface area contributed by atoms with Crippen molar-refractivity contribution in [1.82, 2.24) is 25.0 Å². The monoisotopic (exact) mass is 355 g/mol. The third-order valence-electron chi connectivity index (χ3n) is 4.93. The van der Waals surface area contributed by atoms with Crippen molar-refractivity contribution in [2.45, 2.75) is 38.6 Å². The lowest BCUT2D eigenvalue weighted by Crippen LogP contribution is -2.39. The molecule has 138 valence electrons. The number of likely N-dealkylation sites (tertiary alicyclic amines) is 1. The number of rotatable bonds is 5. The molecule has 1 saturated heterocycles. The van der Waals surface area contributed by atoms with Crippen LogP contribution in [0.1, 0.15) is 36.2 Å². The number of amides is 2. The molecule has 2 aromatic rings. The van der Waals surface area contributed by atoms with E-state index in [0.717, 1.165) is 11.4 Å². The average molecular weight is 355 g/mol. The van der Waals surface area contributed by atoms with Gasteiger partial charge in [0.1, 0.15) is 12.2 Å². The highest BCUT2D eigenvalue weighted by molar-refractivity contribution is 5.78. The average Bonchev–Trinajstić information content (AvgIpc) is 3.19. The Bertz CT molecular complexity index is 783. The fraction of sp³-hybridized carbons (Fsp3) is 0.474. The van der Waals surface area contributed by atoms with Crippen molar-refractivity contribution >= 4 is 11.8 Å². The van der Waals surface area contributed by atoms with Crippen LogP contribution < -0.4 is 5.32 Å². The van der Waals surface area contributed by atoms with Crippen LogP contribution in [0.4, 0.5) is 0 Å². The van der Waals surface area contributed by atoms with Crippen LogP contribution in [0, 0.1) is 6.92 Å². The predicted octanol–water partition coefficient (Wildman–Crippen LogP) is 1.19.